The maximum atomic E-state index is 6.20. The number of hydrogen-bond donors (Lipinski definition) is 1. The largest absolute Gasteiger partial charge is 0.396 e. The number of nitrogens with two attached hydrogens (primary N) is 1. The number of fused-ring (bicyclic) bond motifs is 1. The smallest absolute Gasteiger partial charge is 0.0843 e. The predicted octanol–water partition coefficient (Wildman–Crippen LogP) is 1.31. The van der Waals surface area contributed by atoms with Crippen molar-refractivity contribution in [2.75, 3.05) is 43.9 Å². The van der Waals surface area contributed by atoms with E-state index in [0.29, 0.717) is 10.7 Å². The molecule has 17 heavy (non-hydrogen) atoms. The summed E-state index contributed by atoms with van der Waals surface area (Å²) >= 11 is 6.20. The molecular weight excluding hydrogens is 236 g/mol. The van der Waals surface area contributed by atoms with Gasteiger partial charge in [0.2, 0.25) is 0 Å². The minimum Gasteiger partial charge on any atom is -0.396 e. The highest BCUT2D eigenvalue weighted by molar-refractivity contribution is 6.33. The molecule has 0 aromatic carbocycles. The van der Waals surface area contributed by atoms with Gasteiger partial charge in [0.15, 0.2) is 0 Å². The molecule has 5 heteroatoms. The Morgan fingerprint density at radius 2 is 1.88 bits per heavy atom. The Hall–Kier alpha value is -1.00. The second-order valence-electron chi connectivity index (χ2n) is 5.21. The molecule has 2 aliphatic rings. The molecule has 2 N–H and O–H groups in total. The van der Waals surface area contributed by atoms with Crippen molar-refractivity contribution in [3.05, 3.63) is 17.4 Å². The molecule has 3 heterocycles. The summed E-state index contributed by atoms with van der Waals surface area (Å²) in [5.41, 5.74) is 7.64. The summed E-state index contributed by atoms with van der Waals surface area (Å²) in [6.45, 7) is 4.49. The molecule has 0 bridgehead atoms. The second-order valence-corrected chi connectivity index (χ2v) is 5.61. The second kappa shape index (κ2) is 4.03. The van der Waals surface area contributed by atoms with E-state index >= 15 is 0 Å². The molecule has 0 saturated carbocycles. The van der Waals surface area contributed by atoms with Crippen molar-refractivity contribution in [2.45, 2.75) is 0 Å². The van der Waals surface area contributed by atoms with Crippen molar-refractivity contribution in [3.63, 3.8) is 0 Å². The number of rotatable bonds is 1. The third kappa shape index (κ3) is 1.85. The van der Waals surface area contributed by atoms with Crippen molar-refractivity contribution in [1.82, 2.24) is 9.88 Å². The Labute approximate surface area is 106 Å². The number of hydrogen-bond acceptors (Lipinski definition) is 4. The monoisotopic (exact) mass is 252 g/mol. The molecular formula is C12H17ClN4. The standard InChI is InChI=1S/C12H17ClN4/c1-16-4-8-6-17(7-9(8)5-16)12-10(13)2-15-3-11(12)14/h2-3,8-9H,4-7,14H2,1H3. The molecule has 92 valence electrons. The number of likely N-dealkylation sites (tertiary alicyclic amines) is 1. The maximum absolute atomic E-state index is 6.20. The van der Waals surface area contributed by atoms with Crippen LogP contribution in [-0.4, -0.2) is 43.1 Å². The summed E-state index contributed by atoms with van der Waals surface area (Å²) in [6, 6.07) is 0. The fourth-order valence-corrected chi connectivity index (χ4v) is 3.47. The van der Waals surface area contributed by atoms with E-state index in [1.807, 2.05) is 0 Å². The first-order valence-corrected chi connectivity index (χ1v) is 6.35. The van der Waals surface area contributed by atoms with Crippen molar-refractivity contribution >= 4 is 23.0 Å². The predicted molar refractivity (Wildman–Crippen MR) is 70.3 cm³/mol. The van der Waals surface area contributed by atoms with Crippen LogP contribution in [0.1, 0.15) is 0 Å². The molecule has 0 aliphatic carbocycles. The topological polar surface area (TPSA) is 45.4 Å². The van der Waals surface area contributed by atoms with Crippen LogP contribution in [0.2, 0.25) is 5.02 Å². The fourth-order valence-electron chi connectivity index (χ4n) is 3.19. The molecule has 2 atom stereocenters. The highest BCUT2D eigenvalue weighted by atomic mass is 35.5. The SMILES string of the molecule is CN1CC2CN(c3c(N)cncc3Cl)CC2C1. The van der Waals surface area contributed by atoms with Gasteiger partial charge in [0.05, 0.1) is 22.6 Å². The third-order valence-corrected chi connectivity index (χ3v) is 4.16. The number of aromatic nitrogens is 1. The molecule has 0 spiro atoms. The van der Waals surface area contributed by atoms with Crippen LogP contribution >= 0.6 is 11.6 Å². The normalized spacial score (nSPS) is 28.7. The van der Waals surface area contributed by atoms with Gasteiger partial charge in [-0.15, -0.1) is 0 Å². The molecule has 2 aliphatic heterocycles. The number of nitrogen functional groups attached to an aromatic ring is 1. The average molecular weight is 253 g/mol. The first kappa shape index (κ1) is 11.1. The van der Waals surface area contributed by atoms with Crippen LogP contribution in [0.3, 0.4) is 0 Å². The molecule has 4 nitrogen and oxygen atoms in total. The van der Waals surface area contributed by atoms with E-state index in [2.05, 4.69) is 21.8 Å². The van der Waals surface area contributed by atoms with E-state index in [1.54, 1.807) is 12.4 Å². The zero-order chi connectivity index (χ0) is 12.0. The van der Waals surface area contributed by atoms with Crippen molar-refractivity contribution in [1.29, 1.82) is 0 Å². The van der Waals surface area contributed by atoms with E-state index in [1.165, 1.54) is 13.1 Å². The van der Waals surface area contributed by atoms with E-state index in [9.17, 15) is 0 Å². The average Bonchev–Trinajstić information content (AvgIpc) is 2.74. The van der Waals surface area contributed by atoms with Gasteiger partial charge in [0.25, 0.3) is 0 Å². The van der Waals surface area contributed by atoms with E-state index in [-0.39, 0.29) is 0 Å². The Balaban J connectivity index is 1.84. The van der Waals surface area contributed by atoms with Crippen LogP contribution in [0.5, 0.6) is 0 Å². The Bertz CT molecular complexity index is 402. The highest BCUT2D eigenvalue weighted by Crippen LogP contribution is 2.38. The minimum absolute atomic E-state index is 0.665. The van der Waals surface area contributed by atoms with Crippen LogP contribution in [0.25, 0.3) is 0 Å². The maximum Gasteiger partial charge on any atom is 0.0843 e. The van der Waals surface area contributed by atoms with Crippen LogP contribution in [0.4, 0.5) is 11.4 Å². The van der Waals surface area contributed by atoms with E-state index in [4.69, 9.17) is 17.3 Å². The molecule has 2 unspecified atom stereocenters. The van der Waals surface area contributed by atoms with Crippen molar-refractivity contribution in [3.8, 4) is 0 Å². The summed E-state index contributed by atoms with van der Waals surface area (Å²) in [5.74, 6) is 1.51. The number of pyridine rings is 1. The van der Waals surface area contributed by atoms with Gasteiger partial charge >= 0.3 is 0 Å². The quantitative estimate of drug-likeness (QED) is 0.819. The summed E-state index contributed by atoms with van der Waals surface area (Å²) in [4.78, 5) is 8.74. The Morgan fingerprint density at radius 3 is 2.47 bits per heavy atom. The van der Waals surface area contributed by atoms with Gasteiger partial charge in [-0.05, 0) is 18.9 Å². The zero-order valence-corrected chi connectivity index (χ0v) is 10.7. The fraction of sp³-hybridized carbons (Fsp3) is 0.583. The van der Waals surface area contributed by atoms with Crippen LogP contribution < -0.4 is 10.6 Å². The lowest BCUT2D eigenvalue weighted by Gasteiger charge is -2.23. The zero-order valence-electron chi connectivity index (χ0n) is 9.93. The molecule has 0 amide bonds. The summed E-state index contributed by atoms with van der Waals surface area (Å²) in [7, 11) is 2.19. The molecule has 1 aromatic heterocycles. The van der Waals surface area contributed by atoms with Crippen molar-refractivity contribution < 1.29 is 0 Å². The first-order chi connectivity index (χ1) is 8.15. The lowest BCUT2D eigenvalue weighted by molar-refractivity contribution is 0.387. The lowest BCUT2D eigenvalue weighted by atomic mass is 10.0. The van der Waals surface area contributed by atoms with Crippen LogP contribution in [0.15, 0.2) is 12.4 Å². The van der Waals surface area contributed by atoms with Crippen molar-refractivity contribution in [2.24, 2.45) is 11.8 Å². The summed E-state index contributed by atoms with van der Waals surface area (Å²) < 4.78 is 0. The van der Waals surface area contributed by atoms with Gasteiger partial charge in [0.1, 0.15) is 0 Å². The summed E-state index contributed by atoms with van der Waals surface area (Å²) in [6.07, 6.45) is 3.36. The molecule has 2 fully saturated rings. The van der Waals surface area contributed by atoms with Gasteiger partial charge in [-0.2, -0.15) is 0 Å². The van der Waals surface area contributed by atoms with Gasteiger partial charge < -0.3 is 15.5 Å². The van der Waals surface area contributed by atoms with E-state index < -0.39 is 0 Å². The molecule has 2 saturated heterocycles. The highest BCUT2D eigenvalue weighted by Gasteiger charge is 2.39. The van der Waals surface area contributed by atoms with Gasteiger partial charge in [-0.25, -0.2) is 0 Å². The lowest BCUT2D eigenvalue weighted by Crippen LogP contribution is -2.27. The van der Waals surface area contributed by atoms with Gasteiger partial charge in [-0.1, -0.05) is 11.6 Å². The Kier molecular flexibility index (Phi) is 2.64. The minimum atomic E-state index is 0.665. The molecule has 1 aromatic rings. The number of anilines is 2. The molecule has 0 radical (unpaired) electrons. The number of nitrogens with zero attached hydrogens (tertiary/aromatic N) is 3. The van der Waals surface area contributed by atoms with Gasteiger partial charge in [-0.3, -0.25) is 4.98 Å². The molecule has 3 rings (SSSR count). The number of halogens is 1. The first-order valence-electron chi connectivity index (χ1n) is 5.97. The van der Waals surface area contributed by atoms with Gasteiger partial charge in [0, 0.05) is 32.4 Å². The van der Waals surface area contributed by atoms with E-state index in [0.717, 1.165) is 30.6 Å². The van der Waals surface area contributed by atoms with Crippen LogP contribution in [-0.2, 0) is 0 Å². The van der Waals surface area contributed by atoms with Crippen LogP contribution in [0, 0.1) is 11.8 Å². The Morgan fingerprint density at radius 1 is 1.24 bits per heavy atom. The third-order valence-electron chi connectivity index (χ3n) is 3.89. The summed E-state index contributed by atoms with van der Waals surface area (Å²) in [5, 5.41) is 0.665.